The fourth-order valence-electron chi connectivity index (χ4n) is 2.94. The highest BCUT2D eigenvalue weighted by molar-refractivity contribution is 7.71. The number of carbonyl (C=O) groups is 1. The Morgan fingerprint density at radius 2 is 2.13 bits per heavy atom. The molecule has 1 aromatic carbocycles. The van der Waals surface area contributed by atoms with E-state index in [9.17, 15) is 4.79 Å². The third-order valence-corrected chi connectivity index (χ3v) is 3.87. The van der Waals surface area contributed by atoms with Gasteiger partial charge in [0.1, 0.15) is 0 Å². The molecule has 0 radical (unpaired) electrons. The summed E-state index contributed by atoms with van der Waals surface area (Å²) in [4.78, 5) is 16.0. The van der Waals surface area contributed by atoms with Crippen molar-refractivity contribution in [1.29, 1.82) is 0 Å². The van der Waals surface area contributed by atoms with Crippen LogP contribution in [0.3, 0.4) is 0 Å². The summed E-state index contributed by atoms with van der Waals surface area (Å²) < 4.78 is 2.80. The number of H-pyrrole nitrogens is 1. The average molecular weight is 333 g/mol. The maximum atomic E-state index is 10.6. The molecule has 0 atom stereocenters. The van der Waals surface area contributed by atoms with E-state index >= 15 is 0 Å². The van der Waals surface area contributed by atoms with Gasteiger partial charge in [-0.3, -0.25) is 0 Å². The quantitative estimate of drug-likeness (QED) is 0.628. The largest absolute Gasteiger partial charge is 0.478 e. The summed E-state index contributed by atoms with van der Waals surface area (Å²) in [6.45, 7) is 6.21. The Labute approximate surface area is 141 Å². The number of carboxylic acids is 1. The summed E-state index contributed by atoms with van der Waals surface area (Å²) in [5, 5.41) is 8.72. The number of aromatic nitrogens is 2. The average Bonchev–Trinajstić information content (AvgIpc) is 2.70. The summed E-state index contributed by atoms with van der Waals surface area (Å²) in [5.74, 6) is -0.957. The predicted molar refractivity (Wildman–Crippen MR) is 96.1 cm³/mol. The lowest BCUT2D eigenvalue weighted by molar-refractivity contribution is -0.131. The molecule has 0 aliphatic heterocycles. The van der Waals surface area contributed by atoms with Crippen LogP contribution in [0.1, 0.15) is 19.4 Å². The SMILES string of the molecule is CN(C)CC(C)(C)Cn1c(=S)[nH]c2cc(C=CC(=O)O)ccc21. The van der Waals surface area contributed by atoms with E-state index in [1.807, 2.05) is 18.2 Å². The van der Waals surface area contributed by atoms with Crippen LogP contribution in [0.15, 0.2) is 24.3 Å². The van der Waals surface area contributed by atoms with Crippen molar-refractivity contribution in [1.82, 2.24) is 14.5 Å². The number of nitrogens with zero attached hydrogens (tertiary/aromatic N) is 2. The highest BCUT2D eigenvalue weighted by Crippen LogP contribution is 2.24. The Bertz CT molecular complexity index is 800. The van der Waals surface area contributed by atoms with Crippen molar-refractivity contribution in [2.75, 3.05) is 20.6 Å². The Kier molecular flexibility index (Phi) is 5.06. The number of nitrogens with one attached hydrogen (secondary N) is 1. The molecule has 0 fully saturated rings. The molecule has 1 heterocycles. The van der Waals surface area contributed by atoms with Gasteiger partial charge in [0.25, 0.3) is 0 Å². The molecule has 124 valence electrons. The molecule has 2 aromatic rings. The first-order valence-electron chi connectivity index (χ1n) is 7.46. The van der Waals surface area contributed by atoms with Gasteiger partial charge >= 0.3 is 5.97 Å². The minimum absolute atomic E-state index is 0.0821. The number of hydrogen-bond acceptors (Lipinski definition) is 3. The van der Waals surface area contributed by atoms with Crippen LogP contribution in [0.4, 0.5) is 0 Å². The van der Waals surface area contributed by atoms with Crippen molar-refractivity contribution in [3.05, 3.63) is 34.6 Å². The van der Waals surface area contributed by atoms with E-state index in [4.69, 9.17) is 17.3 Å². The minimum atomic E-state index is -0.957. The predicted octanol–water partition coefficient (Wildman–Crippen LogP) is 3.38. The van der Waals surface area contributed by atoms with E-state index in [-0.39, 0.29) is 5.41 Å². The number of hydrogen-bond donors (Lipinski definition) is 2. The maximum absolute atomic E-state index is 10.6. The first kappa shape index (κ1) is 17.4. The minimum Gasteiger partial charge on any atom is -0.478 e. The van der Waals surface area contributed by atoms with Crippen molar-refractivity contribution < 1.29 is 9.90 Å². The normalized spacial score (nSPS) is 12.6. The smallest absolute Gasteiger partial charge is 0.328 e. The fraction of sp³-hybridized carbons (Fsp3) is 0.412. The lowest BCUT2D eigenvalue weighted by Gasteiger charge is -2.28. The van der Waals surface area contributed by atoms with Crippen LogP contribution in [0, 0.1) is 10.2 Å². The second kappa shape index (κ2) is 6.68. The molecule has 5 nitrogen and oxygen atoms in total. The van der Waals surface area contributed by atoms with Gasteiger partial charge in [-0.15, -0.1) is 0 Å². The van der Waals surface area contributed by atoms with Gasteiger partial charge in [0.2, 0.25) is 0 Å². The molecule has 6 heteroatoms. The monoisotopic (exact) mass is 333 g/mol. The number of carboxylic acid groups (broad SMARTS) is 1. The molecule has 0 bridgehead atoms. The Hall–Kier alpha value is -1.92. The highest BCUT2D eigenvalue weighted by atomic mass is 32.1. The first-order valence-corrected chi connectivity index (χ1v) is 7.87. The molecule has 0 spiro atoms. The zero-order chi connectivity index (χ0) is 17.2. The Balaban J connectivity index is 2.37. The van der Waals surface area contributed by atoms with Crippen LogP contribution in [0.5, 0.6) is 0 Å². The topological polar surface area (TPSA) is 61.3 Å². The number of benzene rings is 1. The molecule has 0 amide bonds. The van der Waals surface area contributed by atoms with Gasteiger partial charge in [0, 0.05) is 19.2 Å². The number of aromatic amines is 1. The molecule has 1 aromatic heterocycles. The zero-order valence-corrected chi connectivity index (χ0v) is 14.8. The van der Waals surface area contributed by atoms with Crippen LogP contribution in [-0.2, 0) is 11.3 Å². The second-order valence-electron chi connectivity index (χ2n) is 6.87. The summed E-state index contributed by atoms with van der Waals surface area (Å²) >= 11 is 5.47. The molecule has 0 aliphatic carbocycles. The third-order valence-electron chi connectivity index (χ3n) is 3.55. The molecule has 2 N–H and O–H groups in total. The van der Waals surface area contributed by atoms with E-state index in [1.54, 1.807) is 6.08 Å². The highest BCUT2D eigenvalue weighted by Gasteiger charge is 2.21. The van der Waals surface area contributed by atoms with E-state index in [1.165, 1.54) is 0 Å². The number of fused-ring (bicyclic) bond motifs is 1. The van der Waals surface area contributed by atoms with Gasteiger partial charge < -0.3 is 19.6 Å². The molecule has 0 saturated heterocycles. The van der Waals surface area contributed by atoms with Gasteiger partial charge in [-0.2, -0.15) is 0 Å². The molecular weight excluding hydrogens is 310 g/mol. The fourth-order valence-corrected chi connectivity index (χ4v) is 3.22. The van der Waals surface area contributed by atoms with Gasteiger partial charge in [-0.05, 0) is 55.5 Å². The molecular formula is C17H23N3O2S. The van der Waals surface area contributed by atoms with Crippen LogP contribution >= 0.6 is 12.2 Å². The van der Waals surface area contributed by atoms with Crippen molar-refractivity contribution in [3.63, 3.8) is 0 Å². The Morgan fingerprint density at radius 3 is 2.74 bits per heavy atom. The number of aliphatic carboxylic acids is 1. The van der Waals surface area contributed by atoms with E-state index < -0.39 is 5.97 Å². The second-order valence-corrected chi connectivity index (χ2v) is 7.25. The van der Waals surface area contributed by atoms with Crippen molar-refractivity contribution >= 4 is 35.3 Å². The van der Waals surface area contributed by atoms with E-state index in [2.05, 4.69) is 42.4 Å². The molecule has 2 rings (SSSR count). The summed E-state index contributed by atoms with van der Waals surface area (Å²) in [6.07, 6.45) is 2.71. The number of rotatable bonds is 6. The van der Waals surface area contributed by atoms with Crippen LogP contribution in [0.25, 0.3) is 17.1 Å². The van der Waals surface area contributed by atoms with Gasteiger partial charge in [-0.25, -0.2) is 4.79 Å². The number of imidazole rings is 1. The van der Waals surface area contributed by atoms with Crippen molar-refractivity contribution in [3.8, 4) is 0 Å². The van der Waals surface area contributed by atoms with Gasteiger partial charge in [-0.1, -0.05) is 19.9 Å². The van der Waals surface area contributed by atoms with Crippen molar-refractivity contribution in [2.45, 2.75) is 20.4 Å². The summed E-state index contributed by atoms with van der Waals surface area (Å²) in [5.41, 5.74) is 2.87. The zero-order valence-electron chi connectivity index (χ0n) is 14.0. The molecule has 0 unspecified atom stereocenters. The lowest BCUT2D eigenvalue weighted by atomic mass is 9.93. The van der Waals surface area contributed by atoms with Crippen molar-refractivity contribution in [2.24, 2.45) is 5.41 Å². The molecule has 0 aliphatic rings. The standard InChI is InChI=1S/C17H23N3O2S/c1-17(2,10-19(3)4)11-20-14-7-5-12(6-8-15(21)22)9-13(14)18-16(20)23/h5-9H,10-11H2,1-4H3,(H,18,23)(H,21,22). The maximum Gasteiger partial charge on any atom is 0.328 e. The van der Waals surface area contributed by atoms with Crippen LogP contribution in [0.2, 0.25) is 0 Å². The van der Waals surface area contributed by atoms with Crippen LogP contribution < -0.4 is 0 Å². The van der Waals surface area contributed by atoms with E-state index in [0.29, 0.717) is 4.77 Å². The third kappa shape index (κ3) is 4.53. The lowest BCUT2D eigenvalue weighted by Crippen LogP contribution is -2.32. The summed E-state index contributed by atoms with van der Waals surface area (Å²) in [7, 11) is 4.13. The first-order chi connectivity index (χ1) is 10.7. The molecule has 23 heavy (non-hydrogen) atoms. The summed E-state index contributed by atoms with van der Waals surface area (Å²) in [6, 6.07) is 5.80. The van der Waals surface area contributed by atoms with Gasteiger partial charge in [0.05, 0.1) is 11.0 Å². The molecule has 0 saturated carbocycles. The van der Waals surface area contributed by atoms with Crippen LogP contribution in [-0.4, -0.2) is 46.2 Å². The van der Waals surface area contributed by atoms with E-state index in [0.717, 1.165) is 35.8 Å². The Morgan fingerprint density at radius 1 is 1.43 bits per heavy atom. The van der Waals surface area contributed by atoms with Gasteiger partial charge in [0.15, 0.2) is 4.77 Å².